The molecule has 4 heteroatoms. The Balaban J connectivity index is 2.70. The predicted octanol–water partition coefficient (Wildman–Crippen LogP) is 2.09. The fourth-order valence-electron chi connectivity index (χ4n) is 0.616. The highest BCUT2D eigenvalue weighted by Crippen LogP contribution is 2.65. The maximum Gasteiger partial charge on any atom is 0.266 e. The molecule has 0 N–H and O–H groups in total. The third-order valence-corrected chi connectivity index (χ3v) is 5.42. The molecule has 1 rings (SSSR count). The molecule has 0 aromatic carbocycles. The first-order valence-electron chi connectivity index (χ1n) is 2.71. The van der Waals surface area contributed by atoms with Crippen LogP contribution in [0.2, 0.25) is 0 Å². The van der Waals surface area contributed by atoms with Gasteiger partial charge in [0, 0.05) is 7.11 Å². The molecule has 0 aliphatic carbocycles. The molecule has 1 heterocycles. The number of terminal acetylenes is 1. The molecule has 0 aromatic heterocycles. The highest BCUT2D eigenvalue weighted by molar-refractivity contribution is 8.59. The molecule has 1 atom stereocenters. The Bertz CT molecular complexity index is 251. The van der Waals surface area contributed by atoms with Gasteiger partial charge in [-0.1, -0.05) is 12.0 Å². The van der Waals surface area contributed by atoms with Crippen LogP contribution in [0, 0.1) is 12.3 Å². The van der Waals surface area contributed by atoms with Crippen molar-refractivity contribution < 1.29 is 9.09 Å². The molecule has 1 aliphatic heterocycles. The standard InChI is InChI=1S/C6H7O2PS/c1-3-6-4-5-9(7,8-2)10-6/h1,4H,5H2,2H3. The molecule has 0 spiro atoms. The SMILES string of the molecule is C#CC1=CCP(=O)(OC)S1. The Morgan fingerprint density at radius 2 is 2.70 bits per heavy atom. The second-order valence-corrected chi connectivity index (χ2v) is 6.57. The Labute approximate surface area is 64.2 Å². The van der Waals surface area contributed by atoms with Crippen LogP contribution >= 0.6 is 18.0 Å². The van der Waals surface area contributed by atoms with E-state index in [4.69, 9.17) is 10.9 Å². The summed E-state index contributed by atoms with van der Waals surface area (Å²) in [4.78, 5) is 0.727. The zero-order valence-electron chi connectivity index (χ0n) is 5.53. The topological polar surface area (TPSA) is 26.3 Å². The van der Waals surface area contributed by atoms with Crippen LogP contribution < -0.4 is 0 Å². The monoisotopic (exact) mass is 174 g/mol. The highest BCUT2D eigenvalue weighted by atomic mass is 32.7. The molecule has 10 heavy (non-hydrogen) atoms. The van der Waals surface area contributed by atoms with Crippen LogP contribution in [0.15, 0.2) is 11.0 Å². The minimum Gasteiger partial charge on any atom is -0.324 e. The van der Waals surface area contributed by atoms with Gasteiger partial charge in [0.25, 0.3) is 6.57 Å². The average molecular weight is 174 g/mol. The third kappa shape index (κ3) is 1.46. The third-order valence-electron chi connectivity index (χ3n) is 1.16. The van der Waals surface area contributed by atoms with Crippen molar-refractivity contribution in [1.82, 2.24) is 0 Å². The number of allylic oxidation sites excluding steroid dienone is 2. The molecule has 0 aromatic rings. The largest absolute Gasteiger partial charge is 0.324 e. The van der Waals surface area contributed by atoms with Gasteiger partial charge in [-0.15, -0.1) is 6.42 Å². The fourth-order valence-corrected chi connectivity index (χ4v) is 3.91. The summed E-state index contributed by atoms with van der Waals surface area (Å²) in [6.45, 7) is -2.44. The second kappa shape index (κ2) is 2.84. The van der Waals surface area contributed by atoms with Crippen molar-refractivity contribution in [2.45, 2.75) is 0 Å². The zero-order chi connectivity index (χ0) is 7.61. The summed E-state index contributed by atoms with van der Waals surface area (Å²) in [6, 6.07) is 0. The van der Waals surface area contributed by atoms with E-state index >= 15 is 0 Å². The van der Waals surface area contributed by atoms with Crippen LogP contribution in [0.4, 0.5) is 0 Å². The van der Waals surface area contributed by atoms with Crippen LogP contribution in [-0.4, -0.2) is 13.3 Å². The van der Waals surface area contributed by atoms with Crippen LogP contribution in [0.3, 0.4) is 0 Å². The van der Waals surface area contributed by atoms with Gasteiger partial charge in [-0.25, -0.2) is 0 Å². The van der Waals surface area contributed by atoms with Crippen molar-refractivity contribution in [2.24, 2.45) is 0 Å². The van der Waals surface area contributed by atoms with Crippen molar-refractivity contribution in [2.75, 3.05) is 13.3 Å². The summed E-state index contributed by atoms with van der Waals surface area (Å²) in [5.74, 6) is 2.43. The summed E-state index contributed by atoms with van der Waals surface area (Å²) in [5.41, 5.74) is 0. The molecule has 0 fully saturated rings. The molecule has 0 bridgehead atoms. The van der Waals surface area contributed by atoms with E-state index < -0.39 is 6.57 Å². The molecule has 0 saturated carbocycles. The van der Waals surface area contributed by atoms with Gasteiger partial charge in [-0.2, -0.15) is 0 Å². The number of hydrogen-bond donors (Lipinski definition) is 0. The van der Waals surface area contributed by atoms with Gasteiger partial charge in [0.05, 0.1) is 11.1 Å². The van der Waals surface area contributed by atoms with Gasteiger partial charge in [0.2, 0.25) is 0 Å². The number of hydrogen-bond acceptors (Lipinski definition) is 3. The maximum absolute atomic E-state index is 11.3. The van der Waals surface area contributed by atoms with Crippen molar-refractivity contribution in [1.29, 1.82) is 0 Å². The molecule has 0 radical (unpaired) electrons. The minimum absolute atomic E-state index is 0.466. The van der Waals surface area contributed by atoms with Crippen molar-refractivity contribution in [3.05, 3.63) is 11.0 Å². The van der Waals surface area contributed by atoms with E-state index in [1.165, 1.54) is 18.5 Å². The summed E-state index contributed by atoms with van der Waals surface area (Å²) in [5, 5.41) is 0. The molecule has 1 unspecified atom stereocenters. The van der Waals surface area contributed by atoms with Crippen molar-refractivity contribution >= 4 is 18.0 Å². The molecular formula is C6H7O2PS. The number of rotatable bonds is 1. The van der Waals surface area contributed by atoms with E-state index in [0.29, 0.717) is 6.16 Å². The predicted molar refractivity (Wildman–Crippen MR) is 44.0 cm³/mol. The van der Waals surface area contributed by atoms with Gasteiger partial charge in [0.1, 0.15) is 0 Å². The Morgan fingerprint density at radius 1 is 2.00 bits per heavy atom. The molecule has 0 amide bonds. The Hall–Kier alpha value is -0.160. The van der Waals surface area contributed by atoms with Gasteiger partial charge >= 0.3 is 0 Å². The van der Waals surface area contributed by atoms with E-state index in [1.54, 1.807) is 6.08 Å². The van der Waals surface area contributed by atoms with E-state index in [1.807, 2.05) is 0 Å². The highest BCUT2D eigenvalue weighted by Gasteiger charge is 2.28. The van der Waals surface area contributed by atoms with Crippen molar-refractivity contribution in [3.63, 3.8) is 0 Å². The minimum atomic E-state index is -2.44. The first-order valence-corrected chi connectivity index (χ1v) is 5.94. The summed E-state index contributed by atoms with van der Waals surface area (Å²) in [7, 11) is 1.45. The lowest BCUT2D eigenvalue weighted by Crippen LogP contribution is -1.77. The maximum atomic E-state index is 11.3. The lowest BCUT2D eigenvalue weighted by Gasteiger charge is -2.04. The van der Waals surface area contributed by atoms with E-state index in [9.17, 15) is 4.57 Å². The van der Waals surface area contributed by atoms with Crippen LogP contribution in [0.1, 0.15) is 0 Å². The lowest BCUT2D eigenvalue weighted by molar-refractivity contribution is 0.412. The second-order valence-electron chi connectivity index (χ2n) is 1.78. The molecular weight excluding hydrogens is 167 g/mol. The van der Waals surface area contributed by atoms with Gasteiger partial charge in [0.15, 0.2) is 0 Å². The first-order chi connectivity index (χ1) is 4.70. The van der Waals surface area contributed by atoms with E-state index in [2.05, 4.69) is 5.92 Å². The van der Waals surface area contributed by atoms with Gasteiger partial charge < -0.3 is 4.52 Å². The Morgan fingerprint density at radius 3 is 3.00 bits per heavy atom. The first kappa shape index (κ1) is 7.94. The molecule has 0 saturated heterocycles. The molecule has 1 aliphatic rings. The molecule has 54 valence electrons. The quantitative estimate of drug-likeness (QED) is 0.449. The van der Waals surface area contributed by atoms with Crippen LogP contribution in [0.25, 0.3) is 0 Å². The van der Waals surface area contributed by atoms with Crippen LogP contribution in [-0.2, 0) is 9.09 Å². The summed E-state index contributed by atoms with van der Waals surface area (Å²) in [6.07, 6.45) is 7.33. The summed E-state index contributed by atoms with van der Waals surface area (Å²) < 4.78 is 16.1. The summed E-state index contributed by atoms with van der Waals surface area (Å²) >= 11 is 1.17. The average Bonchev–Trinajstić information content (AvgIpc) is 2.33. The fraction of sp³-hybridized carbons (Fsp3) is 0.333. The van der Waals surface area contributed by atoms with Gasteiger partial charge in [-0.05, 0) is 11.4 Å². The van der Waals surface area contributed by atoms with E-state index in [-0.39, 0.29) is 0 Å². The normalized spacial score (nSPS) is 31.4. The van der Waals surface area contributed by atoms with Crippen LogP contribution in [0.5, 0.6) is 0 Å². The van der Waals surface area contributed by atoms with Crippen molar-refractivity contribution in [3.8, 4) is 12.3 Å². The zero-order valence-corrected chi connectivity index (χ0v) is 7.24. The van der Waals surface area contributed by atoms with E-state index in [0.717, 1.165) is 4.91 Å². The molecule has 2 nitrogen and oxygen atoms in total. The lowest BCUT2D eigenvalue weighted by atomic mass is 10.5. The van der Waals surface area contributed by atoms with Gasteiger partial charge in [-0.3, -0.25) is 4.57 Å². The Kier molecular flexibility index (Phi) is 2.25. The smallest absolute Gasteiger partial charge is 0.266 e.